The van der Waals surface area contributed by atoms with Crippen molar-refractivity contribution in [3.05, 3.63) is 71.6 Å². The fourth-order valence-electron chi connectivity index (χ4n) is 2.73. The number of nitrogens with zero attached hydrogens (tertiary/aromatic N) is 2. The zero-order chi connectivity index (χ0) is 21.6. The summed E-state index contributed by atoms with van der Waals surface area (Å²) < 4.78 is 10.6. The standard InChI is InChI=1S/C23H25N3O4/c1-23(2,3)18-11-9-16(10-12-18)21(28)24-14-13-20(27)29-15-19-25-26-22(30-19)17-7-5-4-6-8-17/h4-12H,13-15H2,1-3H3,(H,24,28). The van der Waals surface area contributed by atoms with Gasteiger partial charge in [0.05, 0.1) is 6.42 Å². The lowest BCUT2D eigenvalue weighted by Gasteiger charge is -2.19. The van der Waals surface area contributed by atoms with E-state index in [0.717, 1.165) is 11.1 Å². The predicted octanol–water partition coefficient (Wildman–Crippen LogP) is 3.90. The van der Waals surface area contributed by atoms with Gasteiger partial charge in [0, 0.05) is 17.7 Å². The van der Waals surface area contributed by atoms with Crippen molar-refractivity contribution in [1.82, 2.24) is 15.5 Å². The first-order valence-electron chi connectivity index (χ1n) is 9.75. The maximum Gasteiger partial charge on any atom is 0.308 e. The maximum atomic E-state index is 12.2. The first-order valence-corrected chi connectivity index (χ1v) is 9.75. The second kappa shape index (κ2) is 9.35. The average molecular weight is 407 g/mol. The minimum absolute atomic E-state index is 0.0268. The van der Waals surface area contributed by atoms with E-state index in [1.54, 1.807) is 12.1 Å². The normalized spacial score (nSPS) is 11.2. The highest BCUT2D eigenvalue weighted by molar-refractivity contribution is 5.94. The highest BCUT2D eigenvalue weighted by Gasteiger charge is 2.15. The van der Waals surface area contributed by atoms with Gasteiger partial charge in [0.1, 0.15) is 0 Å². The van der Waals surface area contributed by atoms with E-state index in [-0.39, 0.29) is 36.8 Å². The van der Waals surface area contributed by atoms with Crippen LogP contribution in [0.1, 0.15) is 49.0 Å². The van der Waals surface area contributed by atoms with Crippen molar-refractivity contribution in [2.75, 3.05) is 6.54 Å². The Hall–Kier alpha value is -3.48. The molecule has 3 aromatic rings. The minimum atomic E-state index is -0.460. The van der Waals surface area contributed by atoms with Gasteiger partial charge in [0.15, 0.2) is 6.61 Å². The molecule has 0 aliphatic carbocycles. The van der Waals surface area contributed by atoms with E-state index in [1.165, 1.54) is 0 Å². The zero-order valence-electron chi connectivity index (χ0n) is 17.3. The molecule has 2 aromatic carbocycles. The molecule has 1 amide bonds. The number of ether oxygens (including phenoxy) is 1. The molecule has 0 atom stereocenters. The first kappa shape index (κ1) is 21.2. The van der Waals surface area contributed by atoms with Crippen molar-refractivity contribution >= 4 is 11.9 Å². The van der Waals surface area contributed by atoms with E-state index in [9.17, 15) is 9.59 Å². The van der Waals surface area contributed by atoms with Gasteiger partial charge >= 0.3 is 5.97 Å². The van der Waals surface area contributed by atoms with Crippen LogP contribution in [0.25, 0.3) is 11.5 Å². The number of hydrogen-bond acceptors (Lipinski definition) is 6. The van der Waals surface area contributed by atoms with Crippen LogP contribution in [-0.4, -0.2) is 28.6 Å². The molecule has 0 saturated heterocycles. The van der Waals surface area contributed by atoms with Crippen LogP contribution >= 0.6 is 0 Å². The molecule has 0 radical (unpaired) electrons. The molecule has 7 heteroatoms. The number of hydrogen-bond donors (Lipinski definition) is 1. The Morgan fingerprint density at radius 3 is 2.37 bits per heavy atom. The summed E-state index contributed by atoms with van der Waals surface area (Å²) in [7, 11) is 0. The monoisotopic (exact) mass is 407 g/mol. The first-order chi connectivity index (χ1) is 14.3. The van der Waals surface area contributed by atoms with Gasteiger partial charge in [0.2, 0.25) is 5.89 Å². The summed E-state index contributed by atoms with van der Waals surface area (Å²) in [4.78, 5) is 24.1. The fourth-order valence-corrected chi connectivity index (χ4v) is 2.73. The number of carbonyl (C=O) groups is 2. The molecular weight excluding hydrogens is 382 g/mol. The van der Waals surface area contributed by atoms with Crippen LogP contribution in [0, 0.1) is 0 Å². The van der Waals surface area contributed by atoms with E-state index in [1.807, 2.05) is 42.5 Å². The number of amides is 1. The molecule has 0 aliphatic heterocycles. The summed E-state index contributed by atoms with van der Waals surface area (Å²) in [6.45, 7) is 6.41. The number of esters is 1. The zero-order valence-corrected chi connectivity index (χ0v) is 17.3. The van der Waals surface area contributed by atoms with E-state index < -0.39 is 5.97 Å². The number of carbonyl (C=O) groups excluding carboxylic acids is 2. The van der Waals surface area contributed by atoms with Crippen LogP contribution in [0.3, 0.4) is 0 Å². The predicted molar refractivity (Wildman–Crippen MR) is 112 cm³/mol. The van der Waals surface area contributed by atoms with Gasteiger partial charge in [-0.3, -0.25) is 9.59 Å². The van der Waals surface area contributed by atoms with Crippen LogP contribution < -0.4 is 5.32 Å². The Labute approximate surface area is 175 Å². The topological polar surface area (TPSA) is 94.3 Å². The van der Waals surface area contributed by atoms with Gasteiger partial charge in [-0.05, 0) is 35.2 Å². The second-order valence-corrected chi connectivity index (χ2v) is 7.86. The molecule has 30 heavy (non-hydrogen) atoms. The van der Waals surface area contributed by atoms with Crippen LogP contribution in [-0.2, 0) is 21.6 Å². The summed E-state index contributed by atoms with van der Waals surface area (Å²) in [5.74, 6) is -0.109. The van der Waals surface area contributed by atoms with E-state index in [2.05, 4.69) is 36.3 Å². The van der Waals surface area contributed by atoms with E-state index in [0.29, 0.717) is 11.5 Å². The van der Waals surface area contributed by atoms with Crippen molar-refractivity contribution < 1.29 is 18.7 Å². The molecule has 1 aromatic heterocycles. The van der Waals surface area contributed by atoms with E-state index >= 15 is 0 Å². The third-order valence-electron chi connectivity index (χ3n) is 4.47. The van der Waals surface area contributed by atoms with Crippen molar-refractivity contribution in [3.8, 4) is 11.5 Å². The molecule has 7 nitrogen and oxygen atoms in total. The molecule has 0 bridgehead atoms. The van der Waals surface area contributed by atoms with Crippen molar-refractivity contribution in [3.63, 3.8) is 0 Å². The Bertz CT molecular complexity index is 989. The molecule has 3 rings (SSSR count). The van der Waals surface area contributed by atoms with Gasteiger partial charge in [-0.25, -0.2) is 0 Å². The van der Waals surface area contributed by atoms with Gasteiger partial charge in [-0.15, -0.1) is 10.2 Å². The second-order valence-electron chi connectivity index (χ2n) is 7.86. The number of nitrogens with one attached hydrogen (secondary N) is 1. The fraction of sp³-hybridized carbons (Fsp3) is 0.304. The van der Waals surface area contributed by atoms with Crippen LogP contribution in [0.4, 0.5) is 0 Å². The van der Waals surface area contributed by atoms with Crippen molar-refractivity contribution in [2.24, 2.45) is 0 Å². The quantitative estimate of drug-likeness (QED) is 0.597. The summed E-state index contributed by atoms with van der Waals surface area (Å²) >= 11 is 0. The maximum absolute atomic E-state index is 12.2. The van der Waals surface area contributed by atoms with Crippen LogP contribution in [0.2, 0.25) is 0 Å². The number of benzene rings is 2. The van der Waals surface area contributed by atoms with Gasteiger partial charge in [-0.1, -0.05) is 51.1 Å². The lowest BCUT2D eigenvalue weighted by atomic mass is 9.87. The summed E-state index contributed by atoms with van der Waals surface area (Å²) in [6, 6.07) is 16.8. The average Bonchev–Trinajstić information content (AvgIpc) is 3.21. The molecule has 1 heterocycles. The van der Waals surface area contributed by atoms with Gasteiger partial charge in [0.25, 0.3) is 11.8 Å². The van der Waals surface area contributed by atoms with Crippen LogP contribution in [0.15, 0.2) is 59.0 Å². The largest absolute Gasteiger partial charge is 0.456 e. The summed E-state index contributed by atoms with van der Waals surface area (Å²) in [5.41, 5.74) is 2.52. The van der Waals surface area contributed by atoms with Crippen molar-refractivity contribution in [1.29, 1.82) is 0 Å². The molecule has 156 valence electrons. The SMILES string of the molecule is CC(C)(C)c1ccc(C(=O)NCCC(=O)OCc2nnc(-c3ccccc3)o2)cc1. The van der Waals surface area contributed by atoms with Crippen molar-refractivity contribution in [2.45, 2.75) is 39.2 Å². The third-order valence-corrected chi connectivity index (χ3v) is 4.47. The summed E-state index contributed by atoms with van der Waals surface area (Å²) in [6.07, 6.45) is 0.0471. The number of aromatic nitrogens is 2. The minimum Gasteiger partial charge on any atom is -0.456 e. The highest BCUT2D eigenvalue weighted by atomic mass is 16.5. The Morgan fingerprint density at radius 1 is 1.00 bits per heavy atom. The Balaban J connectivity index is 1.41. The number of rotatable bonds is 7. The Morgan fingerprint density at radius 2 is 1.70 bits per heavy atom. The lowest BCUT2D eigenvalue weighted by Crippen LogP contribution is -2.26. The van der Waals surface area contributed by atoms with Crippen LogP contribution in [0.5, 0.6) is 0 Å². The van der Waals surface area contributed by atoms with Gasteiger partial charge in [-0.2, -0.15) is 0 Å². The molecule has 1 N–H and O–H groups in total. The smallest absolute Gasteiger partial charge is 0.308 e. The Kier molecular flexibility index (Phi) is 6.61. The molecule has 0 fully saturated rings. The van der Waals surface area contributed by atoms with E-state index in [4.69, 9.17) is 9.15 Å². The molecule has 0 aliphatic rings. The summed E-state index contributed by atoms with van der Waals surface area (Å²) in [5, 5.41) is 10.5. The molecule has 0 spiro atoms. The molecule has 0 unspecified atom stereocenters. The molecule has 0 saturated carbocycles. The third kappa shape index (κ3) is 5.76. The molecular formula is C23H25N3O4. The lowest BCUT2D eigenvalue weighted by molar-refractivity contribution is -0.145. The van der Waals surface area contributed by atoms with Gasteiger partial charge < -0.3 is 14.5 Å². The highest BCUT2D eigenvalue weighted by Crippen LogP contribution is 2.22.